The predicted molar refractivity (Wildman–Crippen MR) is 58.7 cm³/mol. The number of aryl methyl sites for hydroxylation is 1. The van der Waals surface area contributed by atoms with Gasteiger partial charge in [0.1, 0.15) is 0 Å². The van der Waals surface area contributed by atoms with Gasteiger partial charge >= 0.3 is 5.97 Å². The highest BCUT2D eigenvalue weighted by molar-refractivity contribution is 5.69. The van der Waals surface area contributed by atoms with Gasteiger partial charge in [-0.2, -0.15) is 0 Å². The van der Waals surface area contributed by atoms with E-state index >= 15 is 0 Å². The highest BCUT2D eigenvalue weighted by atomic mass is 16.5. The standard InChI is InChI=1S/C13H16O2/c1-9-3-4-11-6-10(7-12(11)5-9)8-13(14)15-2/h3-5,10H,6-8H2,1-2H3. The van der Waals surface area contributed by atoms with E-state index in [1.165, 1.54) is 23.8 Å². The third kappa shape index (κ3) is 2.20. The van der Waals surface area contributed by atoms with Gasteiger partial charge in [-0.1, -0.05) is 23.8 Å². The Hall–Kier alpha value is -1.31. The molecule has 15 heavy (non-hydrogen) atoms. The first kappa shape index (κ1) is 10.2. The van der Waals surface area contributed by atoms with Crippen LogP contribution in [-0.2, 0) is 22.4 Å². The van der Waals surface area contributed by atoms with Gasteiger partial charge in [-0.05, 0) is 36.8 Å². The van der Waals surface area contributed by atoms with E-state index in [2.05, 4.69) is 25.1 Å². The largest absolute Gasteiger partial charge is 0.469 e. The summed E-state index contributed by atoms with van der Waals surface area (Å²) in [6.07, 6.45) is 2.58. The average Bonchev–Trinajstić information content (AvgIpc) is 2.59. The molecular formula is C13H16O2. The summed E-state index contributed by atoms with van der Waals surface area (Å²) in [6.45, 7) is 2.11. The van der Waals surface area contributed by atoms with E-state index in [0.29, 0.717) is 12.3 Å². The summed E-state index contributed by atoms with van der Waals surface area (Å²) in [5, 5.41) is 0. The van der Waals surface area contributed by atoms with Crippen molar-refractivity contribution in [3.05, 3.63) is 34.9 Å². The molecule has 1 aliphatic carbocycles. The van der Waals surface area contributed by atoms with Gasteiger partial charge in [0.25, 0.3) is 0 Å². The number of esters is 1. The van der Waals surface area contributed by atoms with Crippen molar-refractivity contribution in [2.75, 3.05) is 7.11 Å². The second-order valence-corrected chi connectivity index (χ2v) is 4.33. The molecule has 0 N–H and O–H groups in total. The van der Waals surface area contributed by atoms with Crippen molar-refractivity contribution in [1.82, 2.24) is 0 Å². The minimum Gasteiger partial charge on any atom is -0.469 e. The van der Waals surface area contributed by atoms with E-state index in [1.54, 1.807) is 0 Å². The predicted octanol–water partition coefficient (Wildman–Crippen LogP) is 2.27. The van der Waals surface area contributed by atoms with Gasteiger partial charge in [0.2, 0.25) is 0 Å². The van der Waals surface area contributed by atoms with E-state index in [4.69, 9.17) is 4.74 Å². The van der Waals surface area contributed by atoms with Crippen LogP contribution in [0, 0.1) is 12.8 Å². The van der Waals surface area contributed by atoms with Crippen LogP contribution in [0.15, 0.2) is 18.2 Å². The highest BCUT2D eigenvalue weighted by Crippen LogP contribution is 2.29. The lowest BCUT2D eigenvalue weighted by atomic mass is 10.0. The van der Waals surface area contributed by atoms with Crippen LogP contribution in [0.25, 0.3) is 0 Å². The van der Waals surface area contributed by atoms with Crippen molar-refractivity contribution < 1.29 is 9.53 Å². The summed E-state index contributed by atoms with van der Waals surface area (Å²) < 4.78 is 4.70. The number of fused-ring (bicyclic) bond motifs is 1. The van der Waals surface area contributed by atoms with E-state index in [1.807, 2.05) is 0 Å². The van der Waals surface area contributed by atoms with Crippen LogP contribution >= 0.6 is 0 Å². The maximum absolute atomic E-state index is 11.2. The number of carbonyl (C=O) groups is 1. The first-order valence-corrected chi connectivity index (χ1v) is 5.34. The van der Waals surface area contributed by atoms with Crippen LogP contribution in [0.2, 0.25) is 0 Å². The summed E-state index contributed by atoms with van der Waals surface area (Å²) >= 11 is 0. The molecule has 0 fully saturated rings. The van der Waals surface area contributed by atoms with Crippen LogP contribution in [0.1, 0.15) is 23.1 Å². The maximum atomic E-state index is 11.2. The van der Waals surface area contributed by atoms with Gasteiger partial charge in [-0.25, -0.2) is 0 Å². The normalized spacial score (nSPS) is 18.7. The molecule has 1 unspecified atom stereocenters. The lowest BCUT2D eigenvalue weighted by molar-refractivity contribution is -0.141. The zero-order valence-electron chi connectivity index (χ0n) is 9.25. The number of benzene rings is 1. The third-order valence-electron chi connectivity index (χ3n) is 3.06. The number of rotatable bonds is 2. The van der Waals surface area contributed by atoms with Gasteiger partial charge in [0, 0.05) is 6.42 Å². The van der Waals surface area contributed by atoms with Crippen molar-refractivity contribution in [3.63, 3.8) is 0 Å². The Balaban J connectivity index is 2.06. The first-order chi connectivity index (χ1) is 7.19. The van der Waals surface area contributed by atoms with Crippen LogP contribution in [0.5, 0.6) is 0 Å². The molecule has 1 aromatic rings. The van der Waals surface area contributed by atoms with Crippen LogP contribution in [0.3, 0.4) is 0 Å². The van der Waals surface area contributed by atoms with Gasteiger partial charge in [-0.3, -0.25) is 4.79 Å². The number of hydrogen-bond donors (Lipinski definition) is 0. The second-order valence-electron chi connectivity index (χ2n) is 4.33. The summed E-state index contributed by atoms with van der Waals surface area (Å²) in [5.41, 5.74) is 4.10. The molecule has 0 aliphatic heterocycles. The Morgan fingerprint density at radius 2 is 2.13 bits per heavy atom. The summed E-state index contributed by atoms with van der Waals surface area (Å²) in [6, 6.07) is 6.55. The second kappa shape index (κ2) is 4.05. The summed E-state index contributed by atoms with van der Waals surface area (Å²) in [4.78, 5) is 11.2. The molecule has 0 aromatic heterocycles. The van der Waals surface area contributed by atoms with Crippen molar-refractivity contribution in [3.8, 4) is 0 Å². The molecule has 0 bridgehead atoms. The molecule has 0 radical (unpaired) electrons. The van der Waals surface area contributed by atoms with Crippen molar-refractivity contribution in [2.24, 2.45) is 5.92 Å². The molecule has 2 heteroatoms. The van der Waals surface area contributed by atoms with E-state index in [-0.39, 0.29) is 5.97 Å². The minimum atomic E-state index is -0.0930. The third-order valence-corrected chi connectivity index (χ3v) is 3.06. The fourth-order valence-electron chi connectivity index (χ4n) is 2.30. The molecular weight excluding hydrogens is 188 g/mol. The SMILES string of the molecule is COC(=O)CC1Cc2ccc(C)cc2C1. The number of hydrogen-bond acceptors (Lipinski definition) is 2. The molecule has 1 atom stereocenters. The van der Waals surface area contributed by atoms with Crippen LogP contribution < -0.4 is 0 Å². The van der Waals surface area contributed by atoms with Crippen LogP contribution in [-0.4, -0.2) is 13.1 Å². The van der Waals surface area contributed by atoms with E-state index in [0.717, 1.165) is 12.8 Å². The molecule has 0 spiro atoms. The first-order valence-electron chi connectivity index (χ1n) is 5.34. The average molecular weight is 204 g/mol. The molecule has 0 saturated heterocycles. The molecule has 2 rings (SSSR count). The number of carbonyl (C=O) groups excluding carboxylic acids is 1. The fraction of sp³-hybridized carbons (Fsp3) is 0.462. The summed E-state index contributed by atoms with van der Waals surface area (Å²) in [7, 11) is 1.45. The van der Waals surface area contributed by atoms with Gasteiger partial charge in [0.05, 0.1) is 7.11 Å². The van der Waals surface area contributed by atoms with Crippen molar-refractivity contribution in [2.45, 2.75) is 26.2 Å². The summed E-state index contributed by atoms with van der Waals surface area (Å²) in [5.74, 6) is 0.346. The number of methoxy groups -OCH3 is 1. The zero-order chi connectivity index (χ0) is 10.8. The van der Waals surface area contributed by atoms with Gasteiger partial charge in [-0.15, -0.1) is 0 Å². The zero-order valence-corrected chi connectivity index (χ0v) is 9.25. The van der Waals surface area contributed by atoms with E-state index < -0.39 is 0 Å². The van der Waals surface area contributed by atoms with E-state index in [9.17, 15) is 4.79 Å². The smallest absolute Gasteiger partial charge is 0.305 e. The van der Waals surface area contributed by atoms with Crippen LogP contribution in [0.4, 0.5) is 0 Å². The Bertz CT molecular complexity index is 382. The highest BCUT2D eigenvalue weighted by Gasteiger charge is 2.23. The molecule has 1 aromatic carbocycles. The molecule has 0 amide bonds. The topological polar surface area (TPSA) is 26.3 Å². The van der Waals surface area contributed by atoms with Gasteiger partial charge in [0.15, 0.2) is 0 Å². The molecule has 80 valence electrons. The number of ether oxygens (including phenoxy) is 1. The lowest BCUT2D eigenvalue weighted by Gasteiger charge is -2.05. The van der Waals surface area contributed by atoms with Crippen molar-refractivity contribution in [1.29, 1.82) is 0 Å². The van der Waals surface area contributed by atoms with Crippen molar-refractivity contribution >= 4 is 5.97 Å². The monoisotopic (exact) mass is 204 g/mol. The quantitative estimate of drug-likeness (QED) is 0.691. The molecule has 0 heterocycles. The molecule has 0 saturated carbocycles. The minimum absolute atomic E-state index is 0.0930. The Kier molecular flexibility index (Phi) is 2.76. The lowest BCUT2D eigenvalue weighted by Crippen LogP contribution is -2.09. The Morgan fingerprint density at radius 1 is 1.40 bits per heavy atom. The van der Waals surface area contributed by atoms with Gasteiger partial charge < -0.3 is 4.74 Å². The Morgan fingerprint density at radius 3 is 2.87 bits per heavy atom. The maximum Gasteiger partial charge on any atom is 0.305 e. The molecule has 1 aliphatic rings. The fourth-order valence-corrected chi connectivity index (χ4v) is 2.30. The molecule has 2 nitrogen and oxygen atoms in total. The Labute approximate surface area is 90.3 Å².